The van der Waals surface area contributed by atoms with Crippen molar-refractivity contribution in [1.29, 1.82) is 0 Å². The highest BCUT2D eigenvalue weighted by Crippen LogP contribution is 2.34. The fourth-order valence-corrected chi connectivity index (χ4v) is 6.95. The topological polar surface area (TPSA) is 58.4 Å². The normalized spacial score (nSPS) is 22.0. The molecule has 0 saturated carbocycles. The molecule has 0 aromatic carbocycles. The SMILES string of the molecule is Cc1ccsc1S(=O)(=O)N1CC[C@@H](N(C)C(C)C)[C@@H]1Cc1cnn(C)c1. The van der Waals surface area contributed by atoms with Crippen molar-refractivity contribution in [3.8, 4) is 0 Å². The van der Waals surface area contributed by atoms with Crippen molar-refractivity contribution in [3.63, 3.8) is 0 Å². The minimum Gasteiger partial charge on any atom is -0.299 e. The van der Waals surface area contributed by atoms with Crippen LogP contribution < -0.4 is 0 Å². The van der Waals surface area contributed by atoms with Gasteiger partial charge in [-0.25, -0.2) is 8.42 Å². The summed E-state index contributed by atoms with van der Waals surface area (Å²) < 4.78 is 30.7. The molecule has 2 atom stereocenters. The number of likely N-dealkylation sites (N-methyl/N-ethyl adjacent to an activating group) is 1. The number of nitrogens with zero attached hydrogens (tertiary/aromatic N) is 4. The summed E-state index contributed by atoms with van der Waals surface area (Å²) in [6.07, 6.45) is 5.35. The summed E-state index contributed by atoms with van der Waals surface area (Å²) in [5.41, 5.74) is 1.90. The molecule has 6 nitrogen and oxygen atoms in total. The van der Waals surface area contributed by atoms with E-state index in [1.54, 1.807) is 8.99 Å². The van der Waals surface area contributed by atoms with Gasteiger partial charge in [0.2, 0.25) is 0 Å². The molecule has 0 radical (unpaired) electrons. The molecule has 0 unspecified atom stereocenters. The molecule has 2 aromatic rings. The number of hydrogen-bond donors (Lipinski definition) is 0. The minimum atomic E-state index is -3.48. The van der Waals surface area contributed by atoms with Crippen molar-refractivity contribution in [2.75, 3.05) is 13.6 Å². The van der Waals surface area contributed by atoms with E-state index in [0.29, 0.717) is 23.2 Å². The van der Waals surface area contributed by atoms with Crippen LogP contribution >= 0.6 is 11.3 Å². The predicted octanol–water partition coefficient (Wildman–Crippen LogP) is 2.50. The van der Waals surface area contributed by atoms with Gasteiger partial charge in [-0.1, -0.05) is 0 Å². The molecule has 3 heterocycles. The lowest BCUT2D eigenvalue weighted by Gasteiger charge is -2.34. The van der Waals surface area contributed by atoms with Crippen molar-refractivity contribution >= 4 is 21.4 Å². The highest BCUT2D eigenvalue weighted by Gasteiger charge is 2.44. The van der Waals surface area contributed by atoms with Crippen LogP contribution in [0.4, 0.5) is 0 Å². The average molecular weight is 397 g/mol. The second-order valence-corrected chi connectivity index (χ2v) is 10.4. The van der Waals surface area contributed by atoms with Crippen LogP contribution in [0.1, 0.15) is 31.4 Å². The molecule has 1 fully saturated rings. The second kappa shape index (κ2) is 7.42. The molecule has 0 N–H and O–H groups in total. The van der Waals surface area contributed by atoms with Gasteiger partial charge >= 0.3 is 0 Å². The van der Waals surface area contributed by atoms with Crippen LogP contribution in [0.5, 0.6) is 0 Å². The molecule has 144 valence electrons. The van der Waals surface area contributed by atoms with E-state index in [9.17, 15) is 8.42 Å². The first kappa shape index (κ1) is 19.5. The number of hydrogen-bond acceptors (Lipinski definition) is 5. The molecule has 8 heteroatoms. The van der Waals surface area contributed by atoms with Gasteiger partial charge in [0.25, 0.3) is 10.0 Å². The lowest BCUT2D eigenvalue weighted by atomic mass is 10.0. The summed E-state index contributed by atoms with van der Waals surface area (Å²) in [6.45, 7) is 6.74. The maximum atomic E-state index is 13.4. The fourth-order valence-electron chi connectivity index (χ4n) is 3.75. The molecule has 0 spiro atoms. The minimum absolute atomic E-state index is 0.0851. The molecule has 0 bridgehead atoms. The third-order valence-electron chi connectivity index (χ3n) is 5.36. The Kier molecular flexibility index (Phi) is 5.58. The Hall–Kier alpha value is -1.22. The lowest BCUT2D eigenvalue weighted by molar-refractivity contribution is 0.164. The summed E-state index contributed by atoms with van der Waals surface area (Å²) in [5, 5.41) is 6.11. The van der Waals surface area contributed by atoms with Crippen molar-refractivity contribution in [1.82, 2.24) is 19.0 Å². The average Bonchev–Trinajstić information content (AvgIpc) is 3.27. The lowest BCUT2D eigenvalue weighted by Crippen LogP contribution is -2.48. The van der Waals surface area contributed by atoms with Crippen molar-refractivity contribution in [3.05, 3.63) is 35.0 Å². The molecule has 26 heavy (non-hydrogen) atoms. The fraction of sp³-hybridized carbons (Fsp3) is 0.611. The van der Waals surface area contributed by atoms with Crippen molar-refractivity contribution in [2.45, 2.75) is 55.9 Å². The standard InChI is InChI=1S/C18H28N4O2S2/c1-13(2)21(5)16-6-8-22(17(16)10-15-11-19-20(4)12-15)26(23,24)18-14(3)7-9-25-18/h7,9,11-13,16-17H,6,8,10H2,1-5H3/t16-,17+/m1/s1. The number of aryl methyl sites for hydroxylation is 2. The van der Waals surface area contributed by atoms with Gasteiger partial charge in [-0.05, 0) is 63.2 Å². The van der Waals surface area contributed by atoms with Crippen LogP contribution in [-0.4, -0.2) is 59.1 Å². The number of aromatic nitrogens is 2. The van der Waals surface area contributed by atoms with Crippen molar-refractivity contribution < 1.29 is 8.42 Å². The summed E-state index contributed by atoms with van der Waals surface area (Å²) in [6, 6.07) is 2.35. The number of thiophene rings is 1. The first-order chi connectivity index (χ1) is 12.2. The van der Waals surface area contributed by atoms with E-state index >= 15 is 0 Å². The molecule has 1 aliphatic heterocycles. The van der Waals surface area contributed by atoms with Gasteiger partial charge in [-0.15, -0.1) is 11.3 Å². The third kappa shape index (κ3) is 3.60. The molecular weight excluding hydrogens is 368 g/mol. The van der Waals surface area contributed by atoms with Crippen LogP contribution in [0, 0.1) is 6.92 Å². The van der Waals surface area contributed by atoms with Gasteiger partial charge in [0.1, 0.15) is 4.21 Å². The van der Waals surface area contributed by atoms with Gasteiger partial charge < -0.3 is 0 Å². The molecule has 1 saturated heterocycles. The van der Waals surface area contributed by atoms with Crippen LogP contribution in [0.15, 0.2) is 28.0 Å². The molecule has 3 rings (SSSR count). The Morgan fingerprint density at radius 3 is 2.69 bits per heavy atom. The Bertz CT molecular complexity index is 856. The Balaban J connectivity index is 1.96. The maximum Gasteiger partial charge on any atom is 0.253 e. The first-order valence-electron chi connectivity index (χ1n) is 8.97. The monoisotopic (exact) mass is 396 g/mol. The van der Waals surface area contributed by atoms with Crippen LogP contribution in [0.2, 0.25) is 0 Å². The smallest absolute Gasteiger partial charge is 0.253 e. The van der Waals surface area contributed by atoms with Gasteiger partial charge in [-0.2, -0.15) is 9.40 Å². The van der Waals surface area contributed by atoms with E-state index in [2.05, 4.69) is 30.9 Å². The van der Waals surface area contributed by atoms with E-state index in [0.717, 1.165) is 17.5 Å². The molecule has 0 amide bonds. The number of sulfonamides is 1. The van der Waals surface area contributed by atoms with E-state index < -0.39 is 10.0 Å². The highest BCUT2D eigenvalue weighted by atomic mass is 32.2. The van der Waals surface area contributed by atoms with Crippen LogP contribution in [-0.2, 0) is 23.5 Å². The highest BCUT2D eigenvalue weighted by molar-refractivity contribution is 7.91. The molecule has 1 aliphatic rings. The molecule has 2 aromatic heterocycles. The van der Waals surface area contributed by atoms with Crippen molar-refractivity contribution in [2.24, 2.45) is 7.05 Å². The summed E-state index contributed by atoms with van der Waals surface area (Å²) in [5.74, 6) is 0. The zero-order valence-corrected chi connectivity index (χ0v) is 17.7. The largest absolute Gasteiger partial charge is 0.299 e. The number of rotatable bonds is 6. The van der Waals surface area contributed by atoms with E-state index in [-0.39, 0.29) is 12.1 Å². The first-order valence-corrected chi connectivity index (χ1v) is 11.3. The van der Waals surface area contributed by atoms with E-state index in [1.807, 2.05) is 37.8 Å². The molecular formula is C18H28N4O2S2. The Labute approximate surface area is 160 Å². The zero-order chi connectivity index (χ0) is 19.1. The van der Waals surface area contributed by atoms with Crippen LogP contribution in [0.3, 0.4) is 0 Å². The van der Waals surface area contributed by atoms with Gasteiger partial charge in [0.15, 0.2) is 0 Å². The second-order valence-electron chi connectivity index (χ2n) is 7.42. The molecule has 0 aliphatic carbocycles. The van der Waals surface area contributed by atoms with Gasteiger partial charge in [0, 0.05) is 37.9 Å². The van der Waals surface area contributed by atoms with E-state index in [1.165, 1.54) is 11.3 Å². The van der Waals surface area contributed by atoms with Gasteiger partial charge in [-0.3, -0.25) is 9.58 Å². The summed E-state index contributed by atoms with van der Waals surface area (Å²) in [7, 11) is 0.501. The van der Waals surface area contributed by atoms with Crippen LogP contribution in [0.25, 0.3) is 0 Å². The van der Waals surface area contributed by atoms with Gasteiger partial charge in [0.05, 0.1) is 6.20 Å². The van der Waals surface area contributed by atoms with E-state index in [4.69, 9.17) is 0 Å². The summed E-state index contributed by atoms with van der Waals surface area (Å²) in [4.78, 5) is 2.30. The quantitative estimate of drug-likeness (QED) is 0.753. The zero-order valence-electron chi connectivity index (χ0n) is 16.1. The maximum absolute atomic E-state index is 13.4. The summed E-state index contributed by atoms with van der Waals surface area (Å²) >= 11 is 1.31. The Morgan fingerprint density at radius 1 is 1.42 bits per heavy atom. The Morgan fingerprint density at radius 2 is 2.15 bits per heavy atom. The predicted molar refractivity (Wildman–Crippen MR) is 105 cm³/mol. The third-order valence-corrected chi connectivity index (χ3v) is 8.95.